The van der Waals surface area contributed by atoms with Gasteiger partial charge in [-0.05, 0) is 18.9 Å². The summed E-state index contributed by atoms with van der Waals surface area (Å²) in [6.07, 6.45) is 2.37. The summed E-state index contributed by atoms with van der Waals surface area (Å²) in [6, 6.07) is 2.61. The Balaban J connectivity index is 1.97. The molecule has 2 rings (SSSR count). The SMILES string of the molecule is O=C(CCNc1cc(Cl)c(Cl)cc1[N+](=O)[O-])N1CCCC1. The molecule has 0 aliphatic carbocycles. The molecule has 1 aromatic carbocycles. The Morgan fingerprint density at radius 3 is 2.52 bits per heavy atom. The lowest BCUT2D eigenvalue weighted by molar-refractivity contribution is -0.383. The van der Waals surface area contributed by atoms with Crippen molar-refractivity contribution in [3.8, 4) is 0 Å². The Morgan fingerprint density at radius 1 is 1.29 bits per heavy atom. The van der Waals surface area contributed by atoms with Crippen LogP contribution in [0.25, 0.3) is 0 Å². The van der Waals surface area contributed by atoms with Crippen LogP contribution >= 0.6 is 23.2 Å². The van der Waals surface area contributed by atoms with Crippen LogP contribution in [-0.2, 0) is 4.79 Å². The highest BCUT2D eigenvalue weighted by Crippen LogP contribution is 2.33. The first-order chi connectivity index (χ1) is 9.99. The first-order valence-corrected chi connectivity index (χ1v) is 7.39. The number of benzene rings is 1. The number of likely N-dealkylation sites (tertiary alicyclic amines) is 1. The molecule has 1 N–H and O–H groups in total. The summed E-state index contributed by atoms with van der Waals surface area (Å²) >= 11 is 11.6. The van der Waals surface area contributed by atoms with Gasteiger partial charge in [0, 0.05) is 32.1 Å². The highest BCUT2D eigenvalue weighted by molar-refractivity contribution is 6.42. The predicted molar refractivity (Wildman–Crippen MR) is 82.0 cm³/mol. The van der Waals surface area contributed by atoms with Gasteiger partial charge in [-0.25, -0.2) is 0 Å². The molecule has 0 saturated carbocycles. The Hall–Kier alpha value is -1.53. The third kappa shape index (κ3) is 3.98. The minimum Gasteiger partial charge on any atom is -0.379 e. The number of nitro groups is 1. The fourth-order valence-corrected chi connectivity index (χ4v) is 2.58. The van der Waals surface area contributed by atoms with Crippen molar-refractivity contribution in [2.75, 3.05) is 25.0 Å². The summed E-state index contributed by atoms with van der Waals surface area (Å²) in [5, 5.41) is 14.2. The van der Waals surface area contributed by atoms with E-state index < -0.39 is 4.92 Å². The normalized spacial score (nSPS) is 14.3. The van der Waals surface area contributed by atoms with Gasteiger partial charge in [0.05, 0.1) is 15.0 Å². The van der Waals surface area contributed by atoms with Crippen LogP contribution in [0.15, 0.2) is 12.1 Å². The molecular formula is C13H15Cl2N3O3. The van der Waals surface area contributed by atoms with Gasteiger partial charge >= 0.3 is 0 Å². The third-order valence-corrected chi connectivity index (χ3v) is 4.07. The number of hydrogen-bond donors (Lipinski definition) is 1. The van der Waals surface area contributed by atoms with E-state index >= 15 is 0 Å². The van der Waals surface area contributed by atoms with E-state index in [4.69, 9.17) is 23.2 Å². The lowest BCUT2D eigenvalue weighted by atomic mass is 10.2. The van der Waals surface area contributed by atoms with E-state index in [-0.39, 0.29) is 33.7 Å². The molecular weight excluding hydrogens is 317 g/mol. The molecule has 0 unspecified atom stereocenters. The van der Waals surface area contributed by atoms with Crippen molar-refractivity contribution in [3.05, 3.63) is 32.3 Å². The van der Waals surface area contributed by atoms with Crippen molar-refractivity contribution >= 4 is 40.5 Å². The van der Waals surface area contributed by atoms with Crippen LogP contribution in [0.3, 0.4) is 0 Å². The van der Waals surface area contributed by atoms with Gasteiger partial charge in [0.2, 0.25) is 5.91 Å². The number of nitrogens with zero attached hydrogens (tertiary/aromatic N) is 2. The van der Waals surface area contributed by atoms with Crippen LogP contribution in [0.1, 0.15) is 19.3 Å². The molecule has 1 aliphatic rings. The third-order valence-electron chi connectivity index (χ3n) is 3.35. The maximum Gasteiger partial charge on any atom is 0.293 e. The molecule has 6 nitrogen and oxygen atoms in total. The number of rotatable bonds is 5. The lowest BCUT2D eigenvalue weighted by Crippen LogP contribution is -2.29. The van der Waals surface area contributed by atoms with Crippen LogP contribution in [-0.4, -0.2) is 35.4 Å². The summed E-state index contributed by atoms with van der Waals surface area (Å²) < 4.78 is 0. The summed E-state index contributed by atoms with van der Waals surface area (Å²) in [4.78, 5) is 24.1. The molecule has 1 heterocycles. The number of hydrogen-bond acceptors (Lipinski definition) is 4. The molecule has 1 fully saturated rings. The van der Waals surface area contributed by atoms with Crippen LogP contribution in [0, 0.1) is 10.1 Å². The van der Waals surface area contributed by atoms with Gasteiger partial charge in [0.1, 0.15) is 5.69 Å². The van der Waals surface area contributed by atoms with Gasteiger partial charge in [-0.15, -0.1) is 0 Å². The number of nitrogens with one attached hydrogen (secondary N) is 1. The zero-order valence-corrected chi connectivity index (χ0v) is 12.8. The van der Waals surface area contributed by atoms with Crippen LogP contribution in [0.4, 0.5) is 11.4 Å². The van der Waals surface area contributed by atoms with Crippen LogP contribution in [0.2, 0.25) is 10.0 Å². The second kappa shape index (κ2) is 6.95. The van der Waals surface area contributed by atoms with E-state index in [0.717, 1.165) is 25.9 Å². The van der Waals surface area contributed by atoms with Gasteiger partial charge in [0.25, 0.3) is 5.69 Å². The number of nitro benzene ring substituents is 1. The van der Waals surface area contributed by atoms with Crippen molar-refractivity contribution < 1.29 is 9.72 Å². The largest absolute Gasteiger partial charge is 0.379 e. The first-order valence-electron chi connectivity index (χ1n) is 6.64. The fourth-order valence-electron chi connectivity index (χ4n) is 2.26. The maximum absolute atomic E-state index is 11.9. The first kappa shape index (κ1) is 15.9. The Labute approximate surface area is 132 Å². The molecule has 1 amide bonds. The minimum atomic E-state index is -0.535. The van der Waals surface area contributed by atoms with E-state index in [1.54, 1.807) is 0 Å². The average molecular weight is 332 g/mol. The molecule has 0 atom stereocenters. The molecule has 0 radical (unpaired) electrons. The molecule has 0 aromatic heterocycles. The molecule has 1 aliphatic heterocycles. The van der Waals surface area contributed by atoms with Crippen LogP contribution in [0.5, 0.6) is 0 Å². The molecule has 1 saturated heterocycles. The molecule has 21 heavy (non-hydrogen) atoms. The molecule has 0 bridgehead atoms. The van der Waals surface area contributed by atoms with Gasteiger partial charge < -0.3 is 10.2 Å². The van der Waals surface area contributed by atoms with Crippen molar-refractivity contribution in [3.63, 3.8) is 0 Å². The predicted octanol–water partition coefficient (Wildman–Crippen LogP) is 3.33. The van der Waals surface area contributed by atoms with Gasteiger partial charge in [0.15, 0.2) is 0 Å². The van der Waals surface area contributed by atoms with E-state index in [9.17, 15) is 14.9 Å². The van der Waals surface area contributed by atoms with Crippen molar-refractivity contribution in [1.82, 2.24) is 4.90 Å². The van der Waals surface area contributed by atoms with E-state index in [1.165, 1.54) is 12.1 Å². The molecule has 8 heteroatoms. The standard InChI is InChI=1S/C13H15Cl2N3O3/c14-9-7-11(12(18(20)21)8-10(9)15)16-4-3-13(19)17-5-1-2-6-17/h7-8,16H,1-6H2. The van der Waals surface area contributed by atoms with Crippen molar-refractivity contribution in [2.45, 2.75) is 19.3 Å². The van der Waals surface area contributed by atoms with Crippen LogP contribution < -0.4 is 5.32 Å². The number of carbonyl (C=O) groups excluding carboxylic acids is 1. The number of halogens is 2. The average Bonchev–Trinajstić information content (AvgIpc) is 2.96. The highest BCUT2D eigenvalue weighted by Gasteiger charge is 2.19. The topological polar surface area (TPSA) is 75.5 Å². The summed E-state index contributed by atoms with van der Waals surface area (Å²) in [7, 11) is 0. The fraction of sp³-hybridized carbons (Fsp3) is 0.462. The Morgan fingerprint density at radius 2 is 1.90 bits per heavy atom. The van der Waals surface area contributed by atoms with Gasteiger partial charge in [-0.3, -0.25) is 14.9 Å². The molecule has 1 aromatic rings. The zero-order chi connectivity index (χ0) is 15.4. The smallest absolute Gasteiger partial charge is 0.293 e. The van der Waals surface area contributed by atoms with Gasteiger partial charge in [-0.1, -0.05) is 23.2 Å². The molecule has 114 valence electrons. The Kier molecular flexibility index (Phi) is 5.25. The monoisotopic (exact) mass is 331 g/mol. The highest BCUT2D eigenvalue weighted by atomic mass is 35.5. The lowest BCUT2D eigenvalue weighted by Gasteiger charge is -2.15. The second-order valence-electron chi connectivity index (χ2n) is 4.81. The number of anilines is 1. The van der Waals surface area contributed by atoms with Crippen molar-refractivity contribution in [2.24, 2.45) is 0 Å². The maximum atomic E-state index is 11.9. The summed E-state index contributed by atoms with van der Waals surface area (Å²) in [5.41, 5.74) is 0.113. The zero-order valence-electron chi connectivity index (χ0n) is 11.3. The van der Waals surface area contributed by atoms with E-state index in [2.05, 4.69) is 5.32 Å². The Bertz CT molecular complexity index is 560. The summed E-state index contributed by atoms with van der Waals surface area (Å²) in [6.45, 7) is 1.91. The van der Waals surface area contributed by atoms with Crippen molar-refractivity contribution in [1.29, 1.82) is 0 Å². The minimum absolute atomic E-state index is 0.0581. The molecule has 0 spiro atoms. The van der Waals surface area contributed by atoms with E-state index in [0.29, 0.717) is 6.54 Å². The van der Waals surface area contributed by atoms with Gasteiger partial charge in [-0.2, -0.15) is 0 Å². The number of carbonyl (C=O) groups is 1. The second-order valence-corrected chi connectivity index (χ2v) is 5.62. The quantitative estimate of drug-likeness (QED) is 0.663. The summed E-state index contributed by atoms with van der Waals surface area (Å²) in [5.74, 6) is 0.0581. The van der Waals surface area contributed by atoms with E-state index in [1.807, 2.05) is 4.90 Å². The number of amides is 1.